The number of aryl methyl sites for hydroxylation is 3. The highest BCUT2D eigenvalue weighted by atomic mass is 35.5. The highest BCUT2D eigenvalue weighted by Crippen LogP contribution is 2.28. The third-order valence-corrected chi connectivity index (χ3v) is 5.37. The van der Waals surface area contributed by atoms with Gasteiger partial charge in [-0.15, -0.1) is 0 Å². The van der Waals surface area contributed by atoms with Crippen LogP contribution in [0.1, 0.15) is 27.0 Å². The molecular weight excluding hydrogens is 430 g/mol. The lowest BCUT2D eigenvalue weighted by molar-refractivity contribution is 0.0978. The number of nitrogens with one attached hydrogen (secondary N) is 2. The number of hydrogen-bond donors (Lipinski definition) is 2. The normalized spacial score (nSPS) is 10.8. The van der Waals surface area contributed by atoms with E-state index in [9.17, 15) is 4.79 Å². The SMILES string of the molecule is Cc1ccc(-c2nc3cc(NC(=S)NC(=O)c4ccc(C)cc4Cl)ccc3o2)c(C)c1. The highest BCUT2D eigenvalue weighted by molar-refractivity contribution is 7.80. The van der Waals surface area contributed by atoms with E-state index >= 15 is 0 Å². The Labute approximate surface area is 190 Å². The van der Waals surface area contributed by atoms with Crippen LogP contribution in [0.2, 0.25) is 5.02 Å². The Balaban J connectivity index is 1.51. The zero-order valence-electron chi connectivity index (χ0n) is 17.2. The number of fused-ring (bicyclic) bond motifs is 1. The summed E-state index contributed by atoms with van der Waals surface area (Å²) >= 11 is 11.4. The molecule has 1 aromatic heterocycles. The molecule has 0 saturated heterocycles. The number of aromatic nitrogens is 1. The van der Waals surface area contributed by atoms with Crippen molar-refractivity contribution in [2.45, 2.75) is 20.8 Å². The van der Waals surface area contributed by atoms with Gasteiger partial charge in [-0.3, -0.25) is 10.1 Å². The quantitative estimate of drug-likeness (QED) is 0.364. The van der Waals surface area contributed by atoms with Gasteiger partial charge in [0.25, 0.3) is 5.91 Å². The number of nitrogens with zero attached hydrogens (tertiary/aromatic N) is 1. The molecule has 31 heavy (non-hydrogen) atoms. The molecule has 0 radical (unpaired) electrons. The topological polar surface area (TPSA) is 67.2 Å². The van der Waals surface area contributed by atoms with E-state index in [4.69, 9.17) is 28.2 Å². The second-order valence-electron chi connectivity index (χ2n) is 7.41. The average molecular weight is 450 g/mol. The van der Waals surface area contributed by atoms with Gasteiger partial charge in [-0.2, -0.15) is 0 Å². The number of amides is 1. The van der Waals surface area contributed by atoms with Crippen molar-refractivity contribution in [3.05, 3.63) is 81.9 Å². The van der Waals surface area contributed by atoms with Crippen LogP contribution in [-0.2, 0) is 0 Å². The van der Waals surface area contributed by atoms with Crippen LogP contribution in [0.25, 0.3) is 22.6 Å². The molecule has 3 aromatic carbocycles. The first-order valence-corrected chi connectivity index (χ1v) is 10.5. The lowest BCUT2D eigenvalue weighted by Gasteiger charge is -2.10. The molecule has 0 bridgehead atoms. The predicted octanol–water partition coefficient (Wildman–Crippen LogP) is 6.20. The first-order valence-electron chi connectivity index (χ1n) is 9.67. The number of carbonyl (C=O) groups excluding carboxylic acids is 1. The average Bonchev–Trinajstić information content (AvgIpc) is 3.10. The van der Waals surface area contributed by atoms with Gasteiger partial charge in [0.1, 0.15) is 5.52 Å². The molecule has 1 heterocycles. The monoisotopic (exact) mass is 449 g/mol. The van der Waals surface area contributed by atoms with Gasteiger partial charge in [-0.1, -0.05) is 35.4 Å². The number of benzene rings is 3. The Bertz CT molecular complexity index is 1330. The van der Waals surface area contributed by atoms with Crippen LogP contribution in [0.15, 0.2) is 59.0 Å². The molecule has 2 N–H and O–H groups in total. The van der Waals surface area contributed by atoms with Gasteiger partial charge in [0.05, 0.1) is 10.6 Å². The fraction of sp³-hybridized carbons (Fsp3) is 0.125. The lowest BCUT2D eigenvalue weighted by atomic mass is 10.1. The summed E-state index contributed by atoms with van der Waals surface area (Å²) in [6, 6.07) is 16.8. The molecule has 7 heteroatoms. The van der Waals surface area contributed by atoms with Crippen molar-refractivity contribution in [2.75, 3.05) is 5.32 Å². The third kappa shape index (κ3) is 4.60. The maximum Gasteiger partial charge on any atom is 0.258 e. The molecule has 0 aliphatic rings. The van der Waals surface area contributed by atoms with Crippen LogP contribution >= 0.6 is 23.8 Å². The van der Waals surface area contributed by atoms with Crippen molar-refractivity contribution < 1.29 is 9.21 Å². The molecule has 0 unspecified atom stereocenters. The van der Waals surface area contributed by atoms with Gasteiger partial charge in [0.15, 0.2) is 10.7 Å². The van der Waals surface area contributed by atoms with Crippen LogP contribution < -0.4 is 10.6 Å². The Morgan fingerprint density at radius 2 is 1.74 bits per heavy atom. The molecule has 4 rings (SSSR count). The second-order valence-corrected chi connectivity index (χ2v) is 8.23. The van der Waals surface area contributed by atoms with Crippen LogP contribution in [0.4, 0.5) is 5.69 Å². The molecule has 1 amide bonds. The second kappa shape index (κ2) is 8.49. The standard InChI is InChI=1S/C24H20ClN3O2S/c1-13-4-7-17(15(3)10-13)23-27-20-12-16(6-9-21(20)30-23)26-24(31)28-22(29)18-8-5-14(2)11-19(18)25/h4-12H,1-3H3,(H2,26,28,29,31). The van der Waals surface area contributed by atoms with Crippen LogP contribution in [0.3, 0.4) is 0 Å². The molecule has 4 aromatic rings. The first kappa shape index (κ1) is 21.0. The highest BCUT2D eigenvalue weighted by Gasteiger charge is 2.14. The molecule has 5 nitrogen and oxygen atoms in total. The van der Waals surface area contributed by atoms with Crippen molar-refractivity contribution in [1.29, 1.82) is 0 Å². The smallest absolute Gasteiger partial charge is 0.258 e. The number of thiocarbonyl (C=S) groups is 1. The summed E-state index contributed by atoms with van der Waals surface area (Å²) in [4.78, 5) is 17.1. The summed E-state index contributed by atoms with van der Waals surface area (Å²) in [5, 5.41) is 6.20. The number of hydrogen-bond acceptors (Lipinski definition) is 4. The van der Waals surface area contributed by atoms with Crippen molar-refractivity contribution >= 4 is 51.6 Å². The Hall–Kier alpha value is -3.22. The van der Waals surface area contributed by atoms with Gasteiger partial charge >= 0.3 is 0 Å². The molecule has 0 atom stereocenters. The minimum Gasteiger partial charge on any atom is -0.436 e. The number of rotatable bonds is 3. The largest absolute Gasteiger partial charge is 0.436 e. The number of halogens is 1. The predicted molar refractivity (Wildman–Crippen MR) is 129 cm³/mol. The van der Waals surface area contributed by atoms with E-state index in [-0.39, 0.29) is 11.0 Å². The van der Waals surface area contributed by atoms with Gasteiger partial charge < -0.3 is 9.73 Å². The Morgan fingerprint density at radius 1 is 1.00 bits per heavy atom. The summed E-state index contributed by atoms with van der Waals surface area (Å²) in [5.74, 6) is 0.191. The van der Waals surface area contributed by atoms with E-state index in [0.717, 1.165) is 16.7 Å². The molecule has 0 spiro atoms. The van der Waals surface area contributed by atoms with Gasteiger partial charge in [-0.25, -0.2) is 4.98 Å². The van der Waals surface area contributed by atoms with Gasteiger partial charge in [0, 0.05) is 11.3 Å². The van der Waals surface area contributed by atoms with E-state index < -0.39 is 0 Å². The van der Waals surface area contributed by atoms with Crippen molar-refractivity contribution in [3.63, 3.8) is 0 Å². The summed E-state index contributed by atoms with van der Waals surface area (Å²) < 4.78 is 5.92. The fourth-order valence-electron chi connectivity index (χ4n) is 3.31. The number of carbonyl (C=O) groups is 1. The van der Waals surface area contributed by atoms with Crippen molar-refractivity contribution in [3.8, 4) is 11.5 Å². The summed E-state index contributed by atoms with van der Waals surface area (Å²) in [7, 11) is 0. The summed E-state index contributed by atoms with van der Waals surface area (Å²) in [6.07, 6.45) is 0. The maximum atomic E-state index is 12.5. The minimum atomic E-state index is -0.373. The van der Waals surface area contributed by atoms with Crippen LogP contribution in [0.5, 0.6) is 0 Å². The van der Waals surface area contributed by atoms with Crippen LogP contribution in [-0.4, -0.2) is 16.0 Å². The van der Waals surface area contributed by atoms with E-state index in [2.05, 4.69) is 28.6 Å². The molecule has 156 valence electrons. The third-order valence-electron chi connectivity index (χ3n) is 4.85. The van der Waals surface area contributed by atoms with Gasteiger partial charge in [0.2, 0.25) is 5.89 Å². The molecule has 0 aliphatic heterocycles. The lowest BCUT2D eigenvalue weighted by Crippen LogP contribution is -2.34. The Morgan fingerprint density at radius 3 is 2.48 bits per heavy atom. The zero-order valence-corrected chi connectivity index (χ0v) is 18.8. The summed E-state index contributed by atoms with van der Waals surface area (Å²) in [5.41, 5.74) is 6.62. The molecule has 0 aliphatic carbocycles. The van der Waals surface area contributed by atoms with Gasteiger partial charge in [-0.05, 0) is 80.5 Å². The maximum absolute atomic E-state index is 12.5. The Kier molecular flexibility index (Phi) is 5.76. The number of oxazole rings is 1. The van der Waals surface area contributed by atoms with E-state index in [0.29, 0.717) is 33.3 Å². The van der Waals surface area contributed by atoms with E-state index in [1.807, 2.05) is 50.2 Å². The molecular formula is C24H20ClN3O2S. The van der Waals surface area contributed by atoms with E-state index in [1.54, 1.807) is 12.1 Å². The minimum absolute atomic E-state index is 0.166. The van der Waals surface area contributed by atoms with Crippen LogP contribution in [0, 0.1) is 20.8 Å². The summed E-state index contributed by atoms with van der Waals surface area (Å²) in [6.45, 7) is 5.99. The zero-order chi connectivity index (χ0) is 22.1. The molecule has 0 saturated carbocycles. The van der Waals surface area contributed by atoms with Crippen molar-refractivity contribution in [1.82, 2.24) is 10.3 Å². The first-order chi connectivity index (χ1) is 14.8. The molecule has 0 fully saturated rings. The number of anilines is 1. The van der Waals surface area contributed by atoms with Crippen molar-refractivity contribution in [2.24, 2.45) is 0 Å². The fourth-order valence-corrected chi connectivity index (χ4v) is 3.84. The van der Waals surface area contributed by atoms with E-state index in [1.165, 1.54) is 5.56 Å².